The molecular weight excluding hydrogens is 490 g/mol. The Bertz CT molecular complexity index is 1340. The number of fused-ring (bicyclic) bond motifs is 2. The average molecular weight is 519 g/mol. The Labute approximate surface area is 208 Å². The van der Waals surface area contributed by atoms with Gasteiger partial charge < -0.3 is 15.5 Å². The van der Waals surface area contributed by atoms with Gasteiger partial charge in [0.25, 0.3) is 10.0 Å². The maximum Gasteiger partial charge on any atom is 0.264 e. The first-order valence-corrected chi connectivity index (χ1v) is 13.6. The second-order valence-corrected chi connectivity index (χ2v) is 11.3. The topological polar surface area (TPSA) is 108 Å². The molecule has 2 aromatic carbocycles. The lowest BCUT2D eigenvalue weighted by Crippen LogP contribution is -2.42. The van der Waals surface area contributed by atoms with Crippen molar-refractivity contribution in [2.75, 3.05) is 28.4 Å². The number of benzene rings is 2. The van der Waals surface area contributed by atoms with Gasteiger partial charge in [-0.25, -0.2) is 17.2 Å². The lowest BCUT2D eigenvalue weighted by atomic mass is 9.65. The molecule has 2 aromatic rings. The SMILES string of the molecule is CCC(=O)N1CCC(Nc2cc(NS(=O)(=O)c3ccc(F)cc3F)cc3c2NC(=O)C32CCC2)CC1. The van der Waals surface area contributed by atoms with E-state index in [0.717, 1.165) is 18.6 Å². The van der Waals surface area contributed by atoms with Gasteiger partial charge in [-0.3, -0.25) is 14.3 Å². The van der Waals surface area contributed by atoms with Crippen molar-refractivity contribution in [1.82, 2.24) is 4.90 Å². The summed E-state index contributed by atoms with van der Waals surface area (Å²) in [5.74, 6) is -2.07. The third-order valence-electron chi connectivity index (χ3n) is 7.48. The molecule has 0 radical (unpaired) electrons. The maximum atomic E-state index is 14.3. The van der Waals surface area contributed by atoms with E-state index in [1.54, 1.807) is 12.1 Å². The molecule has 5 rings (SSSR count). The molecule has 0 unspecified atom stereocenters. The van der Waals surface area contributed by atoms with Gasteiger partial charge in [0.1, 0.15) is 16.5 Å². The van der Waals surface area contributed by atoms with Crippen molar-refractivity contribution in [3.05, 3.63) is 47.5 Å². The summed E-state index contributed by atoms with van der Waals surface area (Å²) in [7, 11) is -4.36. The number of carbonyl (C=O) groups excluding carboxylic acids is 2. The molecule has 2 aliphatic heterocycles. The Hall–Kier alpha value is -3.21. The van der Waals surface area contributed by atoms with E-state index >= 15 is 0 Å². The van der Waals surface area contributed by atoms with Crippen LogP contribution in [0, 0.1) is 11.6 Å². The highest BCUT2D eigenvalue weighted by Gasteiger charge is 2.52. The Balaban J connectivity index is 1.46. The minimum Gasteiger partial charge on any atom is -0.380 e. The highest BCUT2D eigenvalue weighted by molar-refractivity contribution is 7.92. The molecule has 0 atom stereocenters. The normalized spacial score (nSPS) is 19.0. The number of rotatable bonds is 6. The summed E-state index contributed by atoms with van der Waals surface area (Å²) in [6.07, 6.45) is 4.07. The van der Waals surface area contributed by atoms with Gasteiger partial charge in [-0.05, 0) is 55.5 Å². The number of anilines is 3. The van der Waals surface area contributed by atoms with Crippen LogP contribution < -0.4 is 15.4 Å². The van der Waals surface area contributed by atoms with Crippen molar-refractivity contribution in [2.45, 2.75) is 61.8 Å². The van der Waals surface area contributed by atoms with Gasteiger partial charge in [0, 0.05) is 31.6 Å². The standard InChI is InChI=1S/C25H28F2N4O4S/c1-2-22(32)31-10-6-16(7-11-31)28-20-14-17(13-18-23(20)29-24(33)25(18)8-3-9-25)30-36(34,35)21-5-4-15(26)12-19(21)27/h4-5,12-14,16,28,30H,2-3,6-11H2,1H3,(H,29,33). The van der Waals surface area contributed by atoms with Gasteiger partial charge in [-0.2, -0.15) is 0 Å². The van der Waals surface area contributed by atoms with Crippen LogP contribution in [0.4, 0.5) is 25.8 Å². The average Bonchev–Trinajstić information content (AvgIpc) is 3.11. The molecule has 0 bridgehead atoms. The fourth-order valence-corrected chi connectivity index (χ4v) is 6.43. The lowest BCUT2D eigenvalue weighted by Gasteiger charge is -2.36. The molecule has 1 saturated carbocycles. The first kappa shape index (κ1) is 24.5. The summed E-state index contributed by atoms with van der Waals surface area (Å²) < 4.78 is 55.9. The number of halogens is 2. The molecule has 2 amide bonds. The van der Waals surface area contributed by atoms with Crippen LogP contribution in [0.3, 0.4) is 0 Å². The van der Waals surface area contributed by atoms with Crippen molar-refractivity contribution >= 4 is 38.9 Å². The number of likely N-dealkylation sites (tertiary alicyclic amines) is 1. The Morgan fingerprint density at radius 2 is 1.89 bits per heavy atom. The zero-order valence-corrected chi connectivity index (χ0v) is 20.7. The summed E-state index contributed by atoms with van der Waals surface area (Å²) in [6.45, 7) is 3.05. The van der Waals surface area contributed by atoms with Crippen LogP contribution in [0.5, 0.6) is 0 Å². The van der Waals surface area contributed by atoms with E-state index in [4.69, 9.17) is 0 Å². The quantitative estimate of drug-likeness (QED) is 0.537. The summed E-state index contributed by atoms with van der Waals surface area (Å²) in [5.41, 5.74) is 1.39. The van der Waals surface area contributed by atoms with Gasteiger partial charge in [0.05, 0.1) is 22.5 Å². The highest BCUT2D eigenvalue weighted by Crippen LogP contribution is 2.54. The van der Waals surface area contributed by atoms with E-state index in [2.05, 4.69) is 15.4 Å². The van der Waals surface area contributed by atoms with Gasteiger partial charge in [-0.1, -0.05) is 13.3 Å². The minimum absolute atomic E-state index is 0.0197. The zero-order valence-electron chi connectivity index (χ0n) is 19.9. The second kappa shape index (κ2) is 9.02. The molecule has 36 heavy (non-hydrogen) atoms. The monoisotopic (exact) mass is 518 g/mol. The summed E-state index contributed by atoms with van der Waals surface area (Å²) in [4.78, 5) is 26.1. The Morgan fingerprint density at radius 3 is 2.50 bits per heavy atom. The largest absolute Gasteiger partial charge is 0.380 e. The van der Waals surface area contributed by atoms with Gasteiger partial charge in [-0.15, -0.1) is 0 Å². The number of amides is 2. The second-order valence-electron chi connectivity index (χ2n) is 9.67. The number of sulfonamides is 1. The van der Waals surface area contributed by atoms with E-state index in [1.165, 1.54) is 0 Å². The molecule has 192 valence electrons. The van der Waals surface area contributed by atoms with Gasteiger partial charge >= 0.3 is 0 Å². The van der Waals surface area contributed by atoms with Crippen LogP contribution in [-0.4, -0.2) is 44.3 Å². The predicted molar refractivity (Wildman–Crippen MR) is 131 cm³/mol. The molecule has 1 saturated heterocycles. The fraction of sp³-hybridized carbons (Fsp3) is 0.440. The minimum atomic E-state index is -4.36. The van der Waals surface area contributed by atoms with Crippen molar-refractivity contribution in [1.29, 1.82) is 0 Å². The first-order chi connectivity index (χ1) is 17.1. The summed E-state index contributed by atoms with van der Waals surface area (Å²) in [5, 5.41) is 6.42. The molecule has 2 heterocycles. The first-order valence-electron chi connectivity index (χ1n) is 12.1. The zero-order chi connectivity index (χ0) is 25.7. The number of hydrogen-bond acceptors (Lipinski definition) is 5. The summed E-state index contributed by atoms with van der Waals surface area (Å²) in [6, 6.07) is 5.51. The number of hydrogen-bond donors (Lipinski definition) is 3. The van der Waals surface area contributed by atoms with E-state index in [-0.39, 0.29) is 23.5 Å². The van der Waals surface area contributed by atoms with Crippen LogP contribution in [0.2, 0.25) is 0 Å². The summed E-state index contributed by atoms with van der Waals surface area (Å²) >= 11 is 0. The van der Waals surface area contributed by atoms with Crippen LogP contribution in [-0.2, 0) is 25.0 Å². The highest BCUT2D eigenvalue weighted by atomic mass is 32.2. The predicted octanol–water partition coefficient (Wildman–Crippen LogP) is 3.95. The lowest BCUT2D eigenvalue weighted by molar-refractivity contribution is -0.131. The maximum absolute atomic E-state index is 14.3. The Morgan fingerprint density at radius 1 is 1.17 bits per heavy atom. The molecule has 0 aromatic heterocycles. The van der Waals surface area contributed by atoms with Crippen LogP contribution in [0.25, 0.3) is 0 Å². The van der Waals surface area contributed by atoms with Crippen LogP contribution >= 0.6 is 0 Å². The molecule has 3 aliphatic rings. The molecule has 2 fully saturated rings. The third-order valence-corrected chi connectivity index (χ3v) is 8.89. The van der Waals surface area contributed by atoms with E-state index < -0.39 is 32.0 Å². The van der Waals surface area contributed by atoms with Crippen LogP contribution in [0.15, 0.2) is 35.2 Å². The van der Waals surface area contributed by atoms with Crippen molar-refractivity contribution in [3.8, 4) is 0 Å². The third kappa shape index (κ3) is 4.19. The van der Waals surface area contributed by atoms with Crippen molar-refractivity contribution in [2.24, 2.45) is 0 Å². The Kier molecular flexibility index (Phi) is 6.14. The van der Waals surface area contributed by atoms with E-state index in [0.29, 0.717) is 68.2 Å². The number of piperidine rings is 1. The van der Waals surface area contributed by atoms with Crippen molar-refractivity contribution < 1.29 is 26.8 Å². The van der Waals surface area contributed by atoms with Crippen molar-refractivity contribution in [3.63, 3.8) is 0 Å². The number of nitrogens with one attached hydrogen (secondary N) is 3. The number of nitrogens with zero attached hydrogens (tertiary/aromatic N) is 1. The molecule has 1 aliphatic carbocycles. The molecule has 1 spiro atoms. The molecule has 11 heteroatoms. The van der Waals surface area contributed by atoms with E-state index in [1.807, 2.05) is 11.8 Å². The fourth-order valence-electron chi connectivity index (χ4n) is 5.33. The van der Waals surface area contributed by atoms with Gasteiger partial charge in [0.15, 0.2) is 0 Å². The molecule has 8 nitrogen and oxygen atoms in total. The van der Waals surface area contributed by atoms with Gasteiger partial charge in [0.2, 0.25) is 11.8 Å². The molecule has 3 N–H and O–H groups in total. The van der Waals surface area contributed by atoms with Crippen LogP contribution in [0.1, 0.15) is 51.0 Å². The smallest absolute Gasteiger partial charge is 0.264 e. The number of carbonyl (C=O) groups is 2. The van der Waals surface area contributed by atoms with E-state index in [9.17, 15) is 26.8 Å². The molecular formula is C25H28F2N4O4S.